The minimum Gasteiger partial charge on any atom is -0.319 e. The fourth-order valence-electron chi connectivity index (χ4n) is 1.25. The fraction of sp³-hybridized carbons (Fsp3) is 0.333. The molecule has 0 saturated heterocycles. The van der Waals surface area contributed by atoms with Crippen molar-refractivity contribution in [3.63, 3.8) is 0 Å². The summed E-state index contributed by atoms with van der Waals surface area (Å²) in [6, 6.07) is 0. The van der Waals surface area contributed by atoms with Crippen molar-refractivity contribution in [1.82, 2.24) is 0 Å². The van der Waals surface area contributed by atoms with Gasteiger partial charge in [0.05, 0.1) is 10.5 Å². The molecule has 1 aliphatic rings. The average Bonchev–Trinajstić information content (AvgIpc) is 2.10. The molecule has 14 heavy (non-hydrogen) atoms. The SMILES string of the molecule is CC1=CC(C)(N)C=CC([N+](=O)[O-])=C1Cl. The first-order valence-corrected chi connectivity index (χ1v) is 4.43. The first kappa shape index (κ1) is 10.9. The van der Waals surface area contributed by atoms with Gasteiger partial charge in [0.25, 0.3) is 5.70 Å². The zero-order chi connectivity index (χ0) is 10.9. The first-order chi connectivity index (χ1) is 6.33. The normalized spacial score (nSPS) is 27.3. The molecule has 1 rings (SSSR count). The molecule has 4 nitrogen and oxygen atoms in total. The number of allylic oxidation sites excluding steroid dienone is 3. The van der Waals surface area contributed by atoms with E-state index in [1.807, 2.05) is 0 Å². The summed E-state index contributed by atoms with van der Waals surface area (Å²) < 4.78 is 0. The van der Waals surface area contributed by atoms with Crippen LogP contribution in [0.2, 0.25) is 0 Å². The van der Waals surface area contributed by atoms with Gasteiger partial charge in [-0.05, 0) is 19.4 Å². The Bertz CT molecular complexity index is 367. The van der Waals surface area contributed by atoms with Gasteiger partial charge in [0.15, 0.2) is 0 Å². The molecule has 1 atom stereocenters. The molecule has 1 unspecified atom stereocenters. The Balaban J connectivity index is 3.28. The van der Waals surface area contributed by atoms with Crippen LogP contribution in [0.3, 0.4) is 0 Å². The largest absolute Gasteiger partial charge is 0.319 e. The third-order valence-corrected chi connectivity index (χ3v) is 2.39. The average molecular weight is 215 g/mol. The Kier molecular flexibility index (Phi) is 2.78. The van der Waals surface area contributed by atoms with Gasteiger partial charge in [0.1, 0.15) is 5.03 Å². The van der Waals surface area contributed by atoms with Crippen LogP contribution in [-0.4, -0.2) is 10.5 Å². The summed E-state index contributed by atoms with van der Waals surface area (Å²) in [6.07, 6.45) is 4.60. The highest BCUT2D eigenvalue weighted by Gasteiger charge is 2.22. The monoisotopic (exact) mass is 214 g/mol. The van der Waals surface area contributed by atoms with E-state index in [0.717, 1.165) is 0 Å². The van der Waals surface area contributed by atoms with E-state index >= 15 is 0 Å². The molecule has 0 saturated carbocycles. The van der Waals surface area contributed by atoms with E-state index in [0.29, 0.717) is 5.57 Å². The second-order valence-electron chi connectivity index (χ2n) is 3.48. The highest BCUT2D eigenvalue weighted by atomic mass is 35.5. The molecule has 76 valence electrons. The molecule has 0 bridgehead atoms. The van der Waals surface area contributed by atoms with Crippen LogP contribution in [0.4, 0.5) is 0 Å². The van der Waals surface area contributed by atoms with Crippen molar-refractivity contribution in [2.45, 2.75) is 19.4 Å². The summed E-state index contributed by atoms with van der Waals surface area (Å²) in [5.41, 5.74) is 5.63. The number of rotatable bonds is 1. The van der Waals surface area contributed by atoms with E-state index in [1.54, 1.807) is 26.0 Å². The molecule has 0 aliphatic heterocycles. The zero-order valence-corrected chi connectivity index (χ0v) is 8.71. The maximum atomic E-state index is 10.6. The predicted molar refractivity (Wildman–Crippen MR) is 55.4 cm³/mol. The fourth-order valence-corrected chi connectivity index (χ4v) is 1.44. The summed E-state index contributed by atoms with van der Waals surface area (Å²) in [5, 5.41) is 10.8. The van der Waals surface area contributed by atoms with Gasteiger partial charge < -0.3 is 5.73 Å². The standard InChI is InChI=1S/C9H11ClN2O2/c1-6-5-9(2,11)4-3-7(8(6)10)12(13)14/h3-5H,11H2,1-2H3. The molecule has 0 heterocycles. The van der Waals surface area contributed by atoms with Crippen molar-refractivity contribution in [3.05, 3.63) is 44.6 Å². The smallest absolute Gasteiger partial charge is 0.287 e. The van der Waals surface area contributed by atoms with Gasteiger partial charge in [-0.25, -0.2) is 0 Å². The molecular formula is C9H11ClN2O2. The Labute approximate surface area is 86.9 Å². The van der Waals surface area contributed by atoms with Crippen LogP contribution in [0.1, 0.15) is 13.8 Å². The van der Waals surface area contributed by atoms with Crippen LogP contribution in [0.15, 0.2) is 34.5 Å². The van der Waals surface area contributed by atoms with Gasteiger partial charge in [-0.3, -0.25) is 10.1 Å². The lowest BCUT2D eigenvalue weighted by molar-refractivity contribution is -0.419. The lowest BCUT2D eigenvalue weighted by Crippen LogP contribution is -2.30. The lowest BCUT2D eigenvalue weighted by atomic mass is 10.0. The molecule has 0 aromatic rings. The number of nitro groups is 1. The Hall–Kier alpha value is -1.13. The minimum absolute atomic E-state index is 0.116. The third-order valence-electron chi connectivity index (χ3n) is 1.90. The van der Waals surface area contributed by atoms with Crippen LogP contribution < -0.4 is 5.73 Å². The molecule has 5 heteroatoms. The van der Waals surface area contributed by atoms with Crippen LogP contribution in [-0.2, 0) is 0 Å². The molecule has 0 amide bonds. The molecule has 0 aromatic heterocycles. The summed E-state index contributed by atoms with van der Waals surface area (Å²) in [7, 11) is 0. The molecule has 2 N–H and O–H groups in total. The summed E-state index contributed by atoms with van der Waals surface area (Å²) >= 11 is 5.82. The van der Waals surface area contributed by atoms with E-state index in [1.165, 1.54) is 6.08 Å². The van der Waals surface area contributed by atoms with E-state index in [4.69, 9.17) is 17.3 Å². The minimum atomic E-state index is -0.692. The molecule has 0 fully saturated rings. The highest BCUT2D eigenvalue weighted by molar-refractivity contribution is 6.32. The number of hydrogen-bond acceptors (Lipinski definition) is 3. The molecule has 1 aliphatic carbocycles. The number of nitrogens with two attached hydrogens (primary N) is 1. The topological polar surface area (TPSA) is 69.2 Å². The Morgan fingerprint density at radius 3 is 2.71 bits per heavy atom. The van der Waals surface area contributed by atoms with Gasteiger partial charge in [0, 0.05) is 6.08 Å². The van der Waals surface area contributed by atoms with Crippen LogP contribution >= 0.6 is 11.6 Å². The van der Waals surface area contributed by atoms with Crippen LogP contribution in [0.5, 0.6) is 0 Å². The highest BCUT2D eigenvalue weighted by Crippen LogP contribution is 2.26. The number of nitrogens with zero attached hydrogens (tertiary/aromatic N) is 1. The van der Waals surface area contributed by atoms with Gasteiger partial charge >= 0.3 is 0 Å². The van der Waals surface area contributed by atoms with Crippen molar-refractivity contribution < 1.29 is 4.92 Å². The number of halogens is 1. The molecule has 0 spiro atoms. The third kappa shape index (κ3) is 2.21. The maximum absolute atomic E-state index is 10.6. The second kappa shape index (κ2) is 3.55. The predicted octanol–water partition coefficient (Wildman–Crippen LogP) is 1.95. The van der Waals surface area contributed by atoms with Crippen molar-refractivity contribution in [3.8, 4) is 0 Å². The van der Waals surface area contributed by atoms with Gasteiger partial charge in [-0.2, -0.15) is 0 Å². The quantitative estimate of drug-likeness (QED) is 0.536. The van der Waals surface area contributed by atoms with Crippen molar-refractivity contribution >= 4 is 11.6 Å². The van der Waals surface area contributed by atoms with Gasteiger partial charge in [0.2, 0.25) is 0 Å². The Morgan fingerprint density at radius 2 is 2.21 bits per heavy atom. The van der Waals surface area contributed by atoms with Crippen LogP contribution in [0, 0.1) is 10.1 Å². The molecule has 0 aromatic carbocycles. The maximum Gasteiger partial charge on any atom is 0.287 e. The summed E-state index contributed by atoms with van der Waals surface area (Å²) in [6.45, 7) is 3.45. The zero-order valence-electron chi connectivity index (χ0n) is 7.95. The van der Waals surface area contributed by atoms with Crippen LogP contribution in [0.25, 0.3) is 0 Å². The van der Waals surface area contributed by atoms with Crippen molar-refractivity contribution in [2.24, 2.45) is 5.73 Å². The van der Waals surface area contributed by atoms with E-state index < -0.39 is 10.5 Å². The first-order valence-electron chi connectivity index (χ1n) is 4.05. The summed E-state index contributed by atoms with van der Waals surface area (Å²) in [5.74, 6) is 0. The van der Waals surface area contributed by atoms with Crippen molar-refractivity contribution in [2.75, 3.05) is 0 Å². The van der Waals surface area contributed by atoms with E-state index in [2.05, 4.69) is 0 Å². The van der Waals surface area contributed by atoms with E-state index in [9.17, 15) is 10.1 Å². The summed E-state index contributed by atoms with van der Waals surface area (Å²) in [4.78, 5) is 10.1. The van der Waals surface area contributed by atoms with Gasteiger partial charge in [-0.15, -0.1) is 0 Å². The molecule has 0 radical (unpaired) electrons. The van der Waals surface area contributed by atoms with Crippen molar-refractivity contribution in [1.29, 1.82) is 0 Å². The number of hydrogen-bond donors (Lipinski definition) is 1. The second-order valence-corrected chi connectivity index (χ2v) is 3.86. The Morgan fingerprint density at radius 1 is 1.64 bits per heavy atom. The lowest BCUT2D eigenvalue weighted by Gasteiger charge is -2.14. The molecular weight excluding hydrogens is 204 g/mol. The van der Waals surface area contributed by atoms with E-state index in [-0.39, 0.29) is 10.7 Å². The van der Waals surface area contributed by atoms with Gasteiger partial charge in [-0.1, -0.05) is 23.8 Å².